The third-order valence-corrected chi connectivity index (χ3v) is 5.78. The number of carbonyl (C=O) groups is 1. The maximum absolute atomic E-state index is 13.0. The van der Waals surface area contributed by atoms with Crippen molar-refractivity contribution in [3.05, 3.63) is 29.6 Å². The second-order valence-electron chi connectivity index (χ2n) is 6.54. The Hall–Kier alpha value is -1.27. The Morgan fingerprint density at radius 2 is 2.25 bits per heavy atom. The van der Waals surface area contributed by atoms with Gasteiger partial charge >= 0.3 is 0 Å². The smallest absolute Gasteiger partial charge is 0.274 e. The highest BCUT2D eigenvalue weighted by Crippen LogP contribution is 2.27. The minimum atomic E-state index is 0.130. The first-order valence-corrected chi connectivity index (χ1v) is 10.2. The number of rotatable bonds is 6. The number of carbonyl (C=O) groups excluding carboxylic acids is 1. The van der Waals surface area contributed by atoms with Crippen LogP contribution < -0.4 is 5.32 Å². The van der Waals surface area contributed by atoms with E-state index in [2.05, 4.69) is 23.5 Å². The molecule has 0 aromatic carbocycles. The molecule has 3 rings (SSSR count). The predicted octanol–water partition coefficient (Wildman–Crippen LogP) is 2.11. The molecule has 2 aliphatic rings. The van der Waals surface area contributed by atoms with Crippen LogP contribution in [0, 0.1) is 0 Å². The van der Waals surface area contributed by atoms with E-state index in [1.807, 2.05) is 22.7 Å². The highest BCUT2D eigenvalue weighted by molar-refractivity contribution is 7.99. The van der Waals surface area contributed by atoms with Crippen LogP contribution in [0.5, 0.6) is 0 Å². The molecule has 2 heterocycles. The van der Waals surface area contributed by atoms with Gasteiger partial charge in [0.25, 0.3) is 5.91 Å². The van der Waals surface area contributed by atoms with E-state index in [9.17, 15) is 4.79 Å². The Balaban J connectivity index is 1.85. The minimum Gasteiger partial charge on any atom is -0.336 e. The van der Waals surface area contributed by atoms with Gasteiger partial charge in [-0.2, -0.15) is 16.9 Å². The maximum Gasteiger partial charge on any atom is 0.274 e. The van der Waals surface area contributed by atoms with Crippen molar-refractivity contribution in [2.45, 2.75) is 45.2 Å². The normalized spacial score (nSPS) is 20.7. The van der Waals surface area contributed by atoms with Crippen molar-refractivity contribution in [1.29, 1.82) is 0 Å². The van der Waals surface area contributed by atoms with Crippen LogP contribution in [0.15, 0.2) is 12.7 Å². The zero-order chi connectivity index (χ0) is 16.9. The highest BCUT2D eigenvalue weighted by Gasteiger charge is 2.31. The summed E-state index contributed by atoms with van der Waals surface area (Å²) in [5.74, 6) is 2.20. The second kappa shape index (κ2) is 8.21. The average molecular weight is 349 g/mol. The van der Waals surface area contributed by atoms with Gasteiger partial charge in [-0.25, -0.2) is 0 Å². The van der Waals surface area contributed by atoms with Crippen molar-refractivity contribution in [2.24, 2.45) is 0 Å². The van der Waals surface area contributed by atoms with Crippen LogP contribution in [-0.2, 0) is 19.4 Å². The van der Waals surface area contributed by atoms with Crippen LogP contribution in [0.2, 0.25) is 0 Å². The molecule has 0 spiro atoms. The second-order valence-corrected chi connectivity index (χ2v) is 7.76. The molecule has 1 fully saturated rings. The van der Waals surface area contributed by atoms with Crippen LogP contribution >= 0.6 is 11.8 Å². The van der Waals surface area contributed by atoms with Gasteiger partial charge in [-0.05, 0) is 25.7 Å². The number of nitrogens with zero attached hydrogens (tertiary/aromatic N) is 3. The zero-order valence-electron chi connectivity index (χ0n) is 14.6. The summed E-state index contributed by atoms with van der Waals surface area (Å²) in [7, 11) is 0. The van der Waals surface area contributed by atoms with Gasteiger partial charge in [0.05, 0.1) is 0 Å². The summed E-state index contributed by atoms with van der Waals surface area (Å²) < 4.78 is 2.09. The molecule has 5 nitrogen and oxygen atoms in total. The van der Waals surface area contributed by atoms with Crippen LogP contribution in [0.4, 0.5) is 0 Å². The van der Waals surface area contributed by atoms with E-state index in [0.29, 0.717) is 11.7 Å². The third kappa shape index (κ3) is 3.70. The predicted molar refractivity (Wildman–Crippen MR) is 99.8 cm³/mol. The van der Waals surface area contributed by atoms with E-state index in [1.54, 1.807) is 0 Å². The number of nitrogens with one attached hydrogen (secondary N) is 1. The molecule has 1 amide bonds. The van der Waals surface area contributed by atoms with Crippen molar-refractivity contribution >= 4 is 17.7 Å². The lowest BCUT2D eigenvalue weighted by Crippen LogP contribution is -2.39. The van der Waals surface area contributed by atoms with E-state index in [1.165, 1.54) is 11.3 Å². The SMILES string of the molecule is C=CCNC1CCc2c(c(C(=O)N3CCSCC3)nn2CCC)C1. The van der Waals surface area contributed by atoms with Crippen LogP contribution in [0.3, 0.4) is 0 Å². The highest BCUT2D eigenvalue weighted by atomic mass is 32.2. The van der Waals surface area contributed by atoms with Gasteiger partial charge in [-0.3, -0.25) is 9.48 Å². The topological polar surface area (TPSA) is 50.2 Å². The molecule has 132 valence electrons. The fourth-order valence-electron chi connectivity index (χ4n) is 3.60. The van der Waals surface area contributed by atoms with E-state index in [-0.39, 0.29) is 5.91 Å². The van der Waals surface area contributed by atoms with Gasteiger partial charge < -0.3 is 10.2 Å². The first-order valence-electron chi connectivity index (χ1n) is 9.04. The Morgan fingerprint density at radius 3 is 2.96 bits per heavy atom. The average Bonchev–Trinajstić information content (AvgIpc) is 2.98. The number of hydrogen-bond acceptors (Lipinski definition) is 4. The molecule has 1 unspecified atom stereocenters. The van der Waals surface area contributed by atoms with E-state index < -0.39 is 0 Å². The quantitative estimate of drug-likeness (QED) is 0.800. The molecule has 1 aliphatic heterocycles. The van der Waals surface area contributed by atoms with Crippen LogP contribution in [0.25, 0.3) is 0 Å². The van der Waals surface area contributed by atoms with Gasteiger partial charge in [-0.1, -0.05) is 13.0 Å². The summed E-state index contributed by atoms with van der Waals surface area (Å²) in [5, 5.41) is 8.26. The fourth-order valence-corrected chi connectivity index (χ4v) is 4.50. The van der Waals surface area contributed by atoms with Gasteiger partial charge in [0.2, 0.25) is 0 Å². The molecule has 1 atom stereocenters. The zero-order valence-corrected chi connectivity index (χ0v) is 15.4. The van der Waals surface area contributed by atoms with Gasteiger partial charge in [0.15, 0.2) is 5.69 Å². The largest absolute Gasteiger partial charge is 0.336 e. The molecule has 1 aromatic heterocycles. The van der Waals surface area contributed by atoms with Gasteiger partial charge in [0, 0.05) is 55.0 Å². The van der Waals surface area contributed by atoms with Crippen LogP contribution in [0.1, 0.15) is 41.5 Å². The third-order valence-electron chi connectivity index (χ3n) is 4.83. The first kappa shape index (κ1) is 17.5. The lowest BCUT2D eigenvalue weighted by molar-refractivity contribution is 0.0764. The minimum absolute atomic E-state index is 0.130. The van der Waals surface area contributed by atoms with Crippen molar-refractivity contribution in [3.63, 3.8) is 0 Å². The standard InChI is InChI=1S/C18H28N4OS/c1-3-7-19-14-5-6-16-15(13-14)17(20-22(16)8-4-2)18(23)21-9-11-24-12-10-21/h3,14,19H,1,4-13H2,2H3. The van der Waals surface area contributed by atoms with E-state index >= 15 is 0 Å². The number of aromatic nitrogens is 2. The molecular weight excluding hydrogens is 320 g/mol. The van der Waals surface area contributed by atoms with Crippen LogP contribution in [-0.4, -0.2) is 57.8 Å². The molecule has 1 aliphatic carbocycles. The monoisotopic (exact) mass is 348 g/mol. The molecule has 0 bridgehead atoms. The Kier molecular flexibility index (Phi) is 6.00. The summed E-state index contributed by atoms with van der Waals surface area (Å²) >= 11 is 1.92. The number of aryl methyl sites for hydroxylation is 1. The van der Waals surface area contributed by atoms with E-state index in [0.717, 1.165) is 63.4 Å². The Morgan fingerprint density at radius 1 is 1.46 bits per heavy atom. The molecule has 1 N–H and O–H groups in total. The number of fused-ring (bicyclic) bond motifs is 1. The maximum atomic E-state index is 13.0. The molecule has 1 aromatic rings. The fraction of sp³-hybridized carbons (Fsp3) is 0.667. The molecule has 0 saturated carbocycles. The summed E-state index contributed by atoms with van der Waals surface area (Å²) in [6.07, 6.45) is 5.94. The summed E-state index contributed by atoms with van der Waals surface area (Å²) in [6.45, 7) is 9.35. The van der Waals surface area contributed by atoms with Crippen molar-refractivity contribution < 1.29 is 4.79 Å². The molecular formula is C18H28N4OS. The summed E-state index contributed by atoms with van der Waals surface area (Å²) in [4.78, 5) is 15.0. The summed E-state index contributed by atoms with van der Waals surface area (Å²) in [6, 6.07) is 0.415. The molecule has 6 heteroatoms. The Bertz CT molecular complexity index is 592. The van der Waals surface area contributed by atoms with E-state index in [4.69, 9.17) is 5.10 Å². The number of thioether (sulfide) groups is 1. The number of hydrogen-bond donors (Lipinski definition) is 1. The Labute approximate surface area is 148 Å². The van der Waals surface area contributed by atoms with Crippen molar-refractivity contribution in [2.75, 3.05) is 31.1 Å². The van der Waals surface area contributed by atoms with Crippen molar-refractivity contribution in [3.8, 4) is 0 Å². The lowest BCUT2D eigenvalue weighted by Gasteiger charge is -2.27. The summed E-state index contributed by atoms with van der Waals surface area (Å²) in [5.41, 5.74) is 3.16. The molecule has 24 heavy (non-hydrogen) atoms. The lowest BCUT2D eigenvalue weighted by atomic mass is 9.91. The van der Waals surface area contributed by atoms with Gasteiger partial charge in [0.1, 0.15) is 0 Å². The number of amides is 1. The molecule has 0 radical (unpaired) electrons. The van der Waals surface area contributed by atoms with Gasteiger partial charge in [-0.15, -0.1) is 6.58 Å². The first-order chi connectivity index (χ1) is 11.7. The van der Waals surface area contributed by atoms with Crippen molar-refractivity contribution in [1.82, 2.24) is 20.0 Å². The molecule has 1 saturated heterocycles.